The van der Waals surface area contributed by atoms with Crippen LogP contribution in [-0.4, -0.2) is 22.2 Å². The molecule has 0 fully saturated rings. The van der Waals surface area contributed by atoms with Crippen molar-refractivity contribution in [2.45, 2.75) is 13.0 Å². The summed E-state index contributed by atoms with van der Waals surface area (Å²) >= 11 is 0. The number of para-hydroxylation sites is 2. The summed E-state index contributed by atoms with van der Waals surface area (Å²) in [4.78, 5) is 10.5. The number of aromatic nitrogens is 2. The molecule has 8 nitrogen and oxygen atoms in total. The minimum Gasteiger partial charge on any atom is -0.497 e. The van der Waals surface area contributed by atoms with Gasteiger partial charge in [-0.3, -0.25) is 10.1 Å². The lowest BCUT2D eigenvalue weighted by Gasteiger charge is -2.10. The average Bonchev–Trinajstić information content (AvgIpc) is 3.12. The van der Waals surface area contributed by atoms with E-state index in [0.29, 0.717) is 5.89 Å². The molecule has 0 N–H and O–H groups in total. The first-order valence-corrected chi connectivity index (χ1v) is 7.46. The van der Waals surface area contributed by atoms with Crippen molar-refractivity contribution in [2.24, 2.45) is 0 Å². The third-order valence-corrected chi connectivity index (χ3v) is 3.49. The van der Waals surface area contributed by atoms with Crippen LogP contribution in [0.2, 0.25) is 0 Å². The topological polar surface area (TPSA) is 101 Å². The lowest BCUT2D eigenvalue weighted by molar-refractivity contribution is -0.386. The molecule has 25 heavy (non-hydrogen) atoms. The Balaban J connectivity index is 1.79. The van der Waals surface area contributed by atoms with Gasteiger partial charge in [0.1, 0.15) is 5.75 Å². The predicted octanol–water partition coefficient (Wildman–Crippen LogP) is 3.79. The van der Waals surface area contributed by atoms with E-state index in [-0.39, 0.29) is 17.3 Å². The highest BCUT2D eigenvalue weighted by molar-refractivity contribution is 5.54. The Kier molecular flexibility index (Phi) is 4.60. The molecule has 128 valence electrons. The Labute approximate surface area is 143 Å². The molecule has 0 bridgehead atoms. The van der Waals surface area contributed by atoms with Crippen LogP contribution in [0.25, 0.3) is 11.5 Å². The third-order valence-electron chi connectivity index (χ3n) is 3.49. The number of nitrogens with zero attached hydrogens (tertiary/aromatic N) is 3. The van der Waals surface area contributed by atoms with Gasteiger partial charge in [-0.25, -0.2) is 0 Å². The van der Waals surface area contributed by atoms with Gasteiger partial charge in [0, 0.05) is 11.6 Å². The highest BCUT2D eigenvalue weighted by Crippen LogP contribution is 2.31. The number of nitro groups is 1. The van der Waals surface area contributed by atoms with Gasteiger partial charge in [-0.1, -0.05) is 12.1 Å². The highest BCUT2D eigenvalue weighted by atomic mass is 16.6. The fraction of sp³-hybridized carbons (Fsp3) is 0.176. The normalized spacial score (nSPS) is 11.8. The van der Waals surface area contributed by atoms with Gasteiger partial charge in [0.15, 0.2) is 11.9 Å². The number of ether oxygens (including phenoxy) is 2. The van der Waals surface area contributed by atoms with Crippen LogP contribution in [0.1, 0.15) is 18.9 Å². The molecule has 0 aliphatic heterocycles. The van der Waals surface area contributed by atoms with Gasteiger partial charge in [0.2, 0.25) is 5.89 Å². The van der Waals surface area contributed by atoms with Crippen molar-refractivity contribution in [3.8, 4) is 23.0 Å². The fourth-order valence-corrected chi connectivity index (χ4v) is 2.20. The first-order chi connectivity index (χ1) is 12.1. The van der Waals surface area contributed by atoms with Crippen LogP contribution in [-0.2, 0) is 0 Å². The van der Waals surface area contributed by atoms with Crippen LogP contribution in [0.3, 0.4) is 0 Å². The fourth-order valence-electron chi connectivity index (χ4n) is 2.20. The summed E-state index contributed by atoms with van der Waals surface area (Å²) in [6, 6.07) is 13.3. The molecule has 3 rings (SSSR count). The second kappa shape index (κ2) is 7.00. The van der Waals surface area contributed by atoms with Crippen molar-refractivity contribution in [2.75, 3.05) is 7.11 Å². The molecule has 0 saturated carbocycles. The zero-order chi connectivity index (χ0) is 17.8. The van der Waals surface area contributed by atoms with Crippen LogP contribution in [0, 0.1) is 10.1 Å². The molecule has 0 radical (unpaired) electrons. The molecule has 1 atom stereocenters. The quantitative estimate of drug-likeness (QED) is 0.496. The zero-order valence-corrected chi connectivity index (χ0v) is 13.6. The number of benzene rings is 2. The van der Waals surface area contributed by atoms with E-state index in [0.717, 1.165) is 11.3 Å². The van der Waals surface area contributed by atoms with E-state index in [1.165, 1.54) is 12.1 Å². The molecule has 0 aliphatic carbocycles. The minimum atomic E-state index is -0.638. The van der Waals surface area contributed by atoms with Crippen LogP contribution in [0.4, 0.5) is 5.69 Å². The summed E-state index contributed by atoms with van der Waals surface area (Å²) in [5.74, 6) is 1.42. The lowest BCUT2D eigenvalue weighted by atomic mass is 10.2. The Bertz CT molecular complexity index is 876. The van der Waals surface area contributed by atoms with Crippen molar-refractivity contribution in [1.82, 2.24) is 10.2 Å². The third kappa shape index (κ3) is 3.57. The summed E-state index contributed by atoms with van der Waals surface area (Å²) in [6.07, 6.45) is -0.638. The van der Waals surface area contributed by atoms with Gasteiger partial charge < -0.3 is 13.9 Å². The molecule has 2 aromatic carbocycles. The van der Waals surface area contributed by atoms with Crippen molar-refractivity contribution in [3.05, 3.63) is 64.5 Å². The van der Waals surface area contributed by atoms with Crippen LogP contribution < -0.4 is 9.47 Å². The first kappa shape index (κ1) is 16.4. The Morgan fingerprint density at radius 1 is 1.12 bits per heavy atom. The number of hydrogen-bond acceptors (Lipinski definition) is 7. The molecular weight excluding hydrogens is 326 g/mol. The summed E-state index contributed by atoms with van der Waals surface area (Å²) in [5, 5.41) is 19.0. The lowest BCUT2D eigenvalue weighted by Crippen LogP contribution is -2.05. The van der Waals surface area contributed by atoms with E-state index in [2.05, 4.69) is 10.2 Å². The van der Waals surface area contributed by atoms with E-state index in [1.54, 1.807) is 50.4 Å². The SMILES string of the molecule is COc1ccc(-c2nnc([C@H](C)Oc3ccccc3[N+](=O)[O-])o2)cc1. The molecule has 0 spiro atoms. The Hall–Kier alpha value is -3.42. The van der Waals surface area contributed by atoms with Crippen molar-refractivity contribution in [1.29, 1.82) is 0 Å². The molecule has 0 saturated heterocycles. The maximum absolute atomic E-state index is 11.0. The largest absolute Gasteiger partial charge is 0.497 e. The van der Waals surface area contributed by atoms with Gasteiger partial charge >= 0.3 is 5.69 Å². The first-order valence-electron chi connectivity index (χ1n) is 7.46. The molecule has 0 aliphatic rings. The van der Waals surface area contributed by atoms with E-state index in [1.807, 2.05) is 0 Å². The standard InChI is InChI=1S/C17H15N3O5/c1-11(24-15-6-4-3-5-14(15)20(21)22)16-18-19-17(25-16)12-7-9-13(23-2)10-8-12/h3-11H,1-2H3/t11-/m0/s1. The smallest absolute Gasteiger partial charge is 0.310 e. The van der Waals surface area contributed by atoms with Crippen LogP contribution in [0.15, 0.2) is 52.9 Å². The number of nitro benzene ring substituents is 1. The monoisotopic (exact) mass is 341 g/mol. The van der Waals surface area contributed by atoms with Gasteiger partial charge in [0.05, 0.1) is 12.0 Å². The minimum absolute atomic E-state index is 0.121. The van der Waals surface area contributed by atoms with Crippen LogP contribution in [0.5, 0.6) is 11.5 Å². The van der Waals surface area contributed by atoms with Crippen molar-refractivity contribution >= 4 is 5.69 Å². The zero-order valence-electron chi connectivity index (χ0n) is 13.6. The summed E-state index contributed by atoms with van der Waals surface area (Å²) in [5.41, 5.74) is 0.613. The number of methoxy groups -OCH3 is 1. The number of hydrogen-bond donors (Lipinski definition) is 0. The summed E-state index contributed by atoms with van der Waals surface area (Å²) < 4.78 is 16.3. The Morgan fingerprint density at radius 3 is 2.52 bits per heavy atom. The molecule has 8 heteroatoms. The van der Waals surface area contributed by atoms with Crippen molar-refractivity contribution in [3.63, 3.8) is 0 Å². The van der Waals surface area contributed by atoms with Gasteiger partial charge in [-0.05, 0) is 37.3 Å². The van der Waals surface area contributed by atoms with Gasteiger partial charge in [-0.15, -0.1) is 10.2 Å². The second-order valence-corrected chi connectivity index (χ2v) is 5.16. The molecule has 1 heterocycles. The molecule has 0 amide bonds. The maximum atomic E-state index is 11.0. The second-order valence-electron chi connectivity index (χ2n) is 5.16. The predicted molar refractivity (Wildman–Crippen MR) is 88.4 cm³/mol. The Morgan fingerprint density at radius 2 is 1.84 bits per heavy atom. The van der Waals surface area contributed by atoms with Crippen LogP contribution >= 0.6 is 0 Å². The molecule has 0 unspecified atom stereocenters. The van der Waals surface area contributed by atoms with Crippen molar-refractivity contribution < 1.29 is 18.8 Å². The van der Waals surface area contributed by atoms with E-state index < -0.39 is 11.0 Å². The van der Waals surface area contributed by atoms with E-state index >= 15 is 0 Å². The summed E-state index contributed by atoms with van der Waals surface area (Å²) in [7, 11) is 1.58. The highest BCUT2D eigenvalue weighted by Gasteiger charge is 2.21. The van der Waals surface area contributed by atoms with E-state index in [9.17, 15) is 10.1 Å². The molecular formula is C17H15N3O5. The molecule has 3 aromatic rings. The van der Waals surface area contributed by atoms with Gasteiger partial charge in [-0.2, -0.15) is 0 Å². The average molecular weight is 341 g/mol. The van der Waals surface area contributed by atoms with Gasteiger partial charge in [0.25, 0.3) is 5.89 Å². The molecule has 1 aromatic heterocycles. The maximum Gasteiger partial charge on any atom is 0.310 e. The van der Waals surface area contributed by atoms with E-state index in [4.69, 9.17) is 13.9 Å². The number of rotatable bonds is 6. The summed E-state index contributed by atoms with van der Waals surface area (Å²) in [6.45, 7) is 1.68.